The number of aryl methyl sites for hydroxylation is 3. The number of carbonyl (C=O) groups is 1. The molecular weight excluding hydrogens is 338 g/mol. The quantitative estimate of drug-likeness (QED) is 0.819. The highest BCUT2D eigenvalue weighted by Gasteiger charge is 2.40. The van der Waals surface area contributed by atoms with E-state index >= 15 is 0 Å². The highest BCUT2D eigenvalue weighted by molar-refractivity contribution is 7.89. The Balaban J connectivity index is 1.82. The lowest BCUT2D eigenvalue weighted by Gasteiger charge is -2.29. The second-order valence-corrected chi connectivity index (χ2v) is 9.10. The molecule has 1 atom stereocenters. The van der Waals surface area contributed by atoms with Gasteiger partial charge < -0.3 is 10.6 Å². The zero-order valence-corrected chi connectivity index (χ0v) is 15.9. The molecule has 0 bridgehead atoms. The topological polar surface area (TPSA) is 78.5 Å². The van der Waals surface area contributed by atoms with Crippen molar-refractivity contribution < 1.29 is 13.2 Å². The first-order valence-corrected chi connectivity index (χ1v) is 10.3. The van der Waals surface area contributed by atoms with Crippen LogP contribution in [0.25, 0.3) is 0 Å². The van der Waals surface area contributed by atoms with Crippen molar-refractivity contribution in [3.8, 4) is 0 Å². The third-order valence-electron chi connectivity index (χ3n) is 5.11. The Morgan fingerprint density at radius 2 is 1.88 bits per heavy atom. The summed E-state index contributed by atoms with van der Waals surface area (Å²) in [6.45, 7) is 8.43. The maximum Gasteiger partial charge on any atom is 0.244 e. The summed E-state index contributed by atoms with van der Waals surface area (Å²) in [6, 6.07) is 3.17. The van der Waals surface area contributed by atoms with E-state index in [2.05, 4.69) is 10.6 Å². The van der Waals surface area contributed by atoms with Gasteiger partial charge in [0.15, 0.2) is 0 Å². The summed E-state index contributed by atoms with van der Waals surface area (Å²) in [7, 11) is -3.68. The SMILES string of the molecule is Cc1cc(C)c(S(=O)(=O)N2CCCC2C(=O)NCC2CNC2)c(C)c1. The van der Waals surface area contributed by atoms with Crippen LogP contribution in [0.3, 0.4) is 0 Å². The van der Waals surface area contributed by atoms with E-state index in [0.29, 0.717) is 36.7 Å². The molecule has 3 rings (SSSR count). The number of nitrogens with zero attached hydrogens (tertiary/aromatic N) is 1. The van der Waals surface area contributed by atoms with Crippen molar-refractivity contribution in [2.75, 3.05) is 26.2 Å². The average Bonchev–Trinajstić information content (AvgIpc) is 2.94. The van der Waals surface area contributed by atoms with Crippen molar-refractivity contribution in [1.82, 2.24) is 14.9 Å². The Labute approximate surface area is 150 Å². The van der Waals surface area contributed by atoms with E-state index in [1.165, 1.54) is 4.31 Å². The van der Waals surface area contributed by atoms with E-state index in [4.69, 9.17) is 0 Å². The first-order chi connectivity index (χ1) is 11.8. The summed E-state index contributed by atoms with van der Waals surface area (Å²) in [5.74, 6) is 0.285. The zero-order chi connectivity index (χ0) is 18.2. The molecule has 1 amide bonds. The number of hydrogen-bond acceptors (Lipinski definition) is 4. The molecule has 1 aromatic rings. The smallest absolute Gasteiger partial charge is 0.244 e. The molecule has 2 saturated heterocycles. The van der Waals surface area contributed by atoms with Crippen LogP contribution in [-0.4, -0.2) is 50.9 Å². The minimum Gasteiger partial charge on any atom is -0.354 e. The molecule has 1 unspecified atom stereocenters. The molecule has 2 aliphatic heterocycles. The Morgan fingerprint density at radius 3 is 2.44 bits per heavy atom. The van der Waals surface area contributed by atoms with Crippen LogP contribution in [0.2, 0.25) is 0 Å². The second kappa shape index (κ2) is 7.05. The lowest BCUT2D eigenvalue weighted by molar-refractivity contribution is -0.124. The minimum absolute atomic E-state index is 0.171. The highest BCUT2D eigenvalue weighted by Crippen LogP contribution is 2.30. The van der Waals surface area contributed by atoms with Gasteiger partial charge in [-0.1, -0.05) is 17.7 Å². The Hall–Kier alpha value is -1.44. The maximum absolute atomic E-state index is 13.2. The third kappa shape index (κ3) is 3.59. The van der Waals surface area contributed by atoms with E-state index in [1.807, 2.05) is 32.9 Å². The molecular formula is C18H27N3O3S. The van der Waals surface area contributed by atoms with Gasteiger partial charge in [-0.2, -0.15) is 4.31 Å². The maximum atomic E-state index is 13.2. The van der Waals surface area contributed by atoms with E-state index in [9.17, 15) is 13.2 Å². The van der Waals surface area contributed by atoms with Gasteiger partial charge in [0.05, 0.1) is 4.90 Å². The fourth-order valence-corrected chi connectivity index (χ4v) is 5.91. The van der Waals surface area contributed by atoms with Crippen molar-refractivity contribution in [2.24, 2.45) is 5.92 Å². The molecule has 2 N–H and O–H groups in total. The number of rotatable bonds is 5. The standard InChI is InChI=1S/C18H27N3O3S/c1-12-7-13(2)17(14(3)8-12)25(23,24)21-6-4-5-16(21)18(22)20-11-15-9-19-10-15/h7-8,15-16,19H,4-6,9-11H2,1-3H3,(H,20,22). The number of benzene rings is 1. The van der Waals surface area contributed by atoms with Crippen molar-refractivity contribution >= 4 is 15.9 Å². The Morgan fingerprint density at radius 1 is 1.24 bits per heavy atom. The van der Waals surface area contributed by atoms with Crippen molar-refractivity contribution in [1.29, 1.82) is 0 Å². The Bertz CT molecular complexity index is 749. The van der Waals surface area contributed by atoms with Gasteiger partial charge in [0.25, 0.3) is 0 Å². The number of carbonyl (C=O) groups excluding carboxylic acids is 1. The molecule has 0 aliphatic carbocycles. The predicted molar refractivity (Wildman–Crippen MR) is 96.9 cm³/mol. The lowest BCUT2D eigenvalue weighted by atomic mass is 10.0. The fraction of sp³-hybridized carbons (Fsp3) is 0.611. The van der Waals surface area contributed by atoms with Crippen LogP contribution >= 0.6 is 0 Å². The number of amides is 1. The van der Waals surface area contributed by atoms with E-state index < -0.39 is 16.1 Å². The molecule has 2 aliphatic rings. The van der Waals surface area contributed by atoms with Gasteiger partial charge in [-0.05, 0) is 44.7 Å². The van der Waals surface area contributed by atoms with Gasteiger partial charge in [0, 0.05) is 32.1 Å². The summed E-state index contributed by atoms with van der Waals surface area (Å²) < 4.78 is 27.9. The lowest BCUT2D eigenvalue weighted by Crippen LogP contribution is -2.51. The van der Waals surface area contributed by atoms with Crippen LogP contribution in [0.5, 0.6) is 0 Å². The van der Waals surface area contributed by atoms with Gasteiger partial charge in [-0.3, -0.25) is 4.79 Å². The van der Waals surface area contributed by atoms with Gasteiger partial charge >= 0.3 is 0 Å². The molecule has 6 nitrogen and oxygen atoms in total. The van der Waals surface area contributed by atoms with Crippen LogP contribution < -0.4 is 10.6 Å². The fourth-order valence-electron chi connectivity index (χ4n) is 3.84. The molecule has 7 heteroatoms. The van der Waals surface area contributed by atoms with Gasteiger partial charge in [0.1, 0.15) is 6.04 Å². The predicted octanol–water partition coefficient (Wildman–Crippen LogP) is 1.10. The van der Waals surface area contributed by atoms with Crippen LogP contribution in [0.1, 0.15) is 29.5 Å². The van der Waals surface area contributed by atoms with Crippen LogP contribution in [0.15, 0.2) is 17.0 Å². The average molecular weight is 365 g/mol. The van der Waals surface area contributed by atoms with Crippen LogP contribution in [-0.2, 0) is 14.8 Å². The minimum atomic E-state index is -3.68. The van der Waals surface area contributed by atoms with Crippen LogP contribution in [0.4, 0.5) is 0 Å². The number of sulfonamides is 1. The molecule has 2 heterocycles. The monoisotopic (exact) mass is 365 g/mol. The molecule has 138 valence electrons. The molecule has 25 heavy (non-hydrogen) atoms. The molecule has 0 aromatic heterocycles. The largest absolute Gasteiger partial charge is 0.354 e. The summed E-state index contributed by atoms with van der Waals surface area (Å²) >= 11 is 0. The summed E-state index contributed by atoms with van der Waals surface area (Å²) in [5.41, 5.74) is 2.52. The molecule has 2 fully saturated rings. The number of nitrogens with one attached hydrogen (secondary N) is 2. The third-order valence-corrected chi connectivity index (χ3v) is 7.32. The van der Waals surface area contributed by atoms with Gasteiger partial charge in [-0.15, -0.1) is 0 Å². The molecule has 1 aromatic carbocycles. The Kier molecular flexibility index (Phi) is 5.18. The summed E-state index contributed by atoms with van der Waals surface area (Å²) in [6.07, 6.45) is 1.30. The van der Waals surface area contributed by atoms with Crippen LogP contribution in [0, 0.1) is 26.7 Å². The van der Waals surface area contributed by atoms with Gasteiger partial charge in [-0.25, -0.2) is 8.42 Å². The summed E-state index contributed by atoms with van der Waals surface area (Å²) in [5, 5.41) is 6.10. The van der Waals surface area contributed by atoms with Crippen molar-refractivity contribution in [3.63, 3.8) is 0 Å². The highest BCUT2D eigenvalue weighted by atomic mass is 32.2. The molecule has 0 radical (unpaired) electrons. The normalized spacial score (nSPS) is 22.0. The number of hydrogen-bond donors (Lipinski definition) is 2. The first kappa shape index (κ1) is 18.4. The van der Waals surface area contributed by atoms with Crippen molar-refractivity contribution in [2.45, 2.75) is 44.6 Å². The van der Waals surface area contributed by atoms with Crippen molar-refractivity contribution in [3.05, 3.63) is 28.8 Å². The molecule has 0 saturated carbocycles. The second-order valence-electron chi connectivity index (χ2n) is 7.27. The van der Waals surface area contributed by atoms with E-state index in [1.54, 1.807) is 0 Å². The van der Waals surface area contributed by atoms with E-state index in [0.717, 1.165) is 29.8 Å². The van der Waals surface area contributed by atoms with E-state index in [-0.39, 0.29) is 5.91 Å². The summed E-state index contributed by atoms with van der Waals surface area (Å²) in [4.78, 5) is 12.9. The zero-order valence-electron chi connectivity index (χ0n) is 15.1. The molecule has 0 spiro atoms. The van der Waals surface area contributed by atoms with Gasteiger partial charge in [0.2, 0.25) is 15.9 Å². The first-order valence-electron chi connectivity index (χ1n) is 8.89.